The predicted octanol–water partition coefficient (Wildman–Crippen LogP) is 6.46. The van der Waals surface area contributed by atoms with Crippen LogP contribution in [-0.2, 0) is 7.05 Å². The maximum Gasteiger partial charge on any atom is 0.237 e. The molecule has 0 spiro atoms. The van der Waals surface area contributed by atoms with Crippen molar-refractivity contribution >= 4 is 35.2 Å². The van der Waals surface area contributed by atoms with E-state index in [1.807, 2.05) is 31.4 Å². The molecule has 0 atom stereocenters. The van der Waals surface area contributed by atoms with Gasteiger partial charge in [-0.2, -0.15) is 10.1 Å². The van der Waals surface area contributed by atoms with E-state index in [-0.39, 0.29) is 0 Å². The number of rotatable bonds is 8. The van der Waals surface area contributed by atoms with Crippen molar-refractivity contribution in [2.75, 3.05) is 42.8 Å². The summed E-state index contributed by atoms with van der Waals surface area (Å²) in [6.45, 7) is 3.85. The average Bonchev–Trinajstić information content (AvgIpc) is 3.33. The summed E-state index contributed by atoms with van der Waals surface area (Å²) in [5.74, 6) is 2.05. The van der Waals surface area contributed by atoms with E-state index in [0.717, 1.165) is 48.0 Å². The minimum Gasteiger partial charge on any atom is -0.437 e. The van der Waals surface area contributed by atoms with Crippen LogP contribution in [0.1, 0.15) is 30.7 Å². The molecule has 4 aromatic rings. The van der Waals surface area contributed by atoms with Crippen molar-refractivity contribution in [2.45, 2.75) is 30.1 Å². The highest BCUT2D eigenvalue weighted by atomic mass is 35.5. The summed E-state index contributed by atoms with van der Waals surface area (Å²) in [6, 6.07) is 16.4. The fraction of sp³-hybridized carbons (Fsp3) is 0.345. The van der Waals surface area contributed by atoms with Crippen LogP contribution in [0.3, 0.4) is 0 Å². The van der Waals surface area contributed by atoms with Crippen molar-refractivity contribution in [3.8, 4) is 22.9 Å². The Balaban J connectivity index is 1.33. The standard InChI is InChI=1S/C29H32ClN7OS/c1-35-13-15-37(16-14-35)25-11-6-12-26(28(25)30)38-27-17-24(23-10-4-3-9-22(23)20-7-5-8-20)32-29(33-27)34-39-21-18-31-36(2)19-21/h3-4,6,9-12,17-20H,5,7-8,13-16H2,1-2H3,(H,32,33,34). The number of hydrogen-bond acceptors (Lipinski definition) is 8. The van der Waals surface area contributed by atoms with E-state index >= 15 is 0 Å². The lowest BCUT2D eigenvalue weighted by atomic mass is 9.78. The lowest BCUT2D eigenvalue weighted by Crippen LogP contribution is -2.44. The molecule has 2 aliphatic rings. The quantitative estimate of drug-likeness (QED) is 0.246. The summed E-state index contributed by atoms with van der Waals surface area (Å²) < 4.78 is 11.4. The van der Waals surface area contributed by atoms with Crippen molar-refractivity contribution < 1.29 is 4.74 Å². The Morgan fingerprint density at radius 3 is 2.56 bits per heavy atom. The Morgan fingerprint density at radius 2 is 1.82 bits per heavy atom. The first-order valence-electron chi connectivity index (χ1n) is 13.3. The Labute approximate surface area is 238 Å². The molecule has 2 aromatic heterocycles. The highest BCUT2D eigenvalue weighted by Crippen LogP contribution is 2.42. The van der Waals surface area contributed by atoms with Gasteiger partial charge in [-0.1, -0.05) is 48.4 Å². The molecule has 8 nitrogen and oxygen atoms in total. The number of anilines is 2. The number of benzene rings is 2. The number of nitrogens with zero attached hydrogens (tertiary/aromatic N) is 6. The Kier molecular flexibility index (Phi) is 7.63. The number of ether oxygens (including phenoxy) is 1. The zero-order valence-electron chi connectivity index (χ0n) is 22.2. The van der Waals surface area contributed by atoms with E-state index in [1.165, 1.54) is 36.8 Å². The molecule has 1 saturated carbocycles. The van der Waals surface area contributed by atoms with E-state index in [0.29, 0.717) is 28.5 Å². The molecule has 1 saturated heterocycles. The smallest absolute Gasteiger partial charge is 0.237 e. The van der Waals surface area contributed by atoms with Gasteiger partial charge in [0.2, 0.25) is 11.8 Å². The van der Waals surface area contributed by atoms with Crippen LogP contribution in [0.2, 0.25) is 5.02 Å². The average molecular weight is 562 g/mol. The van der Waals surface area contributed by atoms with E-state index < -0.39 is 0 Å². The van der Waals surface area contributed by atoms with Gasteiger partial charge in [0.15, 0.2) is 0 Å². The second kappa shape index (κ2) is 11.5. The fourth-order valence-corrected chi connectivity index (χ4v) is 5.89. The molecule has 1 aliphatic heterocycles. The molecule has 0 unspecified atom stereocenters. The van der Waals surface area contributed by atoms with Gasteiger partial charge in [-0.05, 0) is 55.5 Å². The van der Waals surface area contributed by atoms with Gasteiger partial charge in [0.05, 0.1) is 22.5 Å². The third-order valence-corrected chi connectivity index (χ3v) is 8.54. The van der Waals surface area contributed by atoms with Crippen LogP contribution in [0, 0.1) is 0 Å². The first kappa shape index (κ1) is 26.0. The molecule has 1 N–H and O–H groups in total. The minimum atomic E-state index is 0.440. The summed E-state index contributed by atoms with van der Waals surface area (Å²) >= 11 is 8.32. The number of hydrogen-bond donors (Lipinski definition) is 1. The van der Waals surface area contributed by atoms with Gasteiger partial charge in [0.25, 0.3) is 0 Å². The Bertz CT molecular complexity index is 1450. The lowest BCUT2D eigenvalue weighted by molar-refractivity contribution is 0.313. The van der Waals surface area contributed by atoms with Crippen LogP contribution >= 0.6 is 23.5 Å². The van der Waals surface area contributed by atoms with Crippen molar-refractivity contribution in [2.24, 2.45) is 7.05 Å². The maximum absolute atomic E-state index is 6.91. The highest BCUT2D eigenvalue weighted by molar-refractivity contribution is 8.00. The molecular formula is C29H32ClN7OS. The van der Waals surface area contributed by atoms with Crippen LogP contribution in [-0.4, -0.2) is 57.9 Å². The van der Waals surface area contributed by atoms with Crippen LogP contribution in [0.5, 0.6) is 11.6 Å². The molecular weight excluding hydrogens is 530 g/mol. The SMILES string of the molecule is CN1CCN(c2cccc(Oc3cc(-c4ccccc4C4CCC4)nc(NSc4cnn(C)c4)n3)c2Cl)CC1. The van der Waals surface area contributed by atoms with Crippen molar-refractivity contribution in [1.82, 2.24) is 24.6 Å². The molecule has 202 valence electrons. The van der Waals surface area contributed by atoms with Crippen molar-refractivity contribution in [3.05, 3.63) is 71.5 Å². The van der Waals surface area contributed by atoms with Crippen LogP contribution in [0.15, 0.2) is 65.8 Å². The lowest BCUT2D eigenvalue weighted by Gasteiger charge is -2.34. The third kappa shape index (κ3) is 5.85. The highest BCUT2D eigenvalue weighted by Gasteiger charge is 2.24. The number of aromatic nitrogens is 4. The number of halogens is 1. The van der Waals surface area contributed by atoms with Crippen LogP contribution in [0.4, 0.5) is 11.6 Å². The Morgan fingerprint density at radius 1 is 1.00 bits per heavy atom. The molecule has 2 fully saturated rings. The first-order valence-corrected chi connectivity index (χ1v) is 14.5. The zero-order valence-corrected chi connectivity index (χ0v) is 23.8. The van der Waals surface area contributed by atoms with Crippen molar-refractivity contribution in [1.29, 1.82) is 0 Å². The first-order chi connectivity index (χ1) is 19.0. The number of nitrogens with one attached hydrogen (secondary N) is 1. The van der Waals surface area contributed by atoms with Gasteiger partial charge < -0.3 is 14.5 Å². The normalized spacial score (nSPS) is 16.2. The molecule has 0 amide bonds. The molecule has 39 heavy (non-hydrogen) atoms. The van der Waals surface area contributed by atoms with E-state index in [4.69, 9.17) is 26.3 Å². The molecule has 1 aliphatic carbocycles. The topological polar surface area (TPSA) is 71.3 Å². The second-order valence-corrected chi connectivity index (χ2v) is 11.4. The minimum absolute atomic E-state index is 0.440. The Hall–Kier alpha value is -3.27. The predicted molar refractivity (Wildman–Crippen MR) is 158 cm³/mol. The van der Waals surface area contributed by atoms with Crippen LogP contribution < -0.4 is 14.4 Å². The molecule has 10 heteroatoms. The van der Waals surface area contributed by atoms with Gasteiger partial charge in [0, 0.05) is 51.1 Å². The molecule has 6 rings (SSSR count). The number of aryl methyl sites for hydroxylation is 1. The summed E-state index contributed by atoms with van der Waals surface area (Å²) in [5, 5.41) is 4.84. The van der Waals surface area contributed by atoms with E-state index in [1.54, 1.807) is 10.9 Å². The molecule has 2 aromatic carbocycles. The summed E-state index contributed by atoms with van der Waals surface area (Å²) in [6.07, 6.45) is 7.43. The third-order valence-electron chi connectivity index (χ3n) is 7.43. The van der Waals surface area contributed by atoms with Crippen LogP contribution in [0.25, 0.3) is 11.3 Å². The summed E-state index contributed by atoms with van der Waals surface area (Å²) in [4.78, 5) is 15.2. The molecule has 0 radical (unpaired) electrons. The largest absolute Gasteiger partial charge is 0.437 e. The molecule has 0 bridgehead atoms. The maximum atomic E-state index is 6.91. The zero-order chi connectivity index (χ0) is 26.8. The van der Waals surface area contributed by atoms with Crippen molar-refractivity contribution in [3.63, 3.8) is 0 Å². The number of likely N-dealkylation sites (N-methyl/N-ethyl adjacent to an activating group) is 1. The number of piperazine rings is 1. The van der Waals surface area contributed by atoms with Gasteiger partial charge >= 0.3 is 0 Å². The van der Waals surface area contributed by atoms with Gasteiger partial charge in [-0.15, -0.1) is 0 Å². The summed E-state index contributed by atoms with van der Waals surface area (Å²) in [7, 11) is 4.04. The van der Waals surface area contributed by atoms with Gasteiger partial charge in [0.1, 0.15) is 10.8 Å². The van der Waals surface area contributed by atoms with Gasteiger partial charge in [-0.3, -0.25) is 9.40 Å². The second-order valence-electron chi connectivity index (χ2n) is 10.2. The van der Waals surface area contributed by atoms with Gasteiger partial charge in [-0.25, -0.2) is 4.98 Å². The van der Waals surface area contributed by atoms with E-state index in [2.05, 4.69) is 57.0 Å². The molecule has 3 heterocycles. The van der Waals surface area contributed by atoms with E-state index in [9.17, 15) is 0 Å². The monoisotopic (exact) mass is 561 g/mol. The summed E-state index contributed by atoms with van der Waals surface area (Å²) in [5.41, 5.74) is 4.25. The fourth-order valence-electron chi connectivity index (χ4n) is 5.00.